The van der Waals surface area contributed by atoms with Gasteiger partial charge in [-0.25, -0.2) is 4.98 Å². The predicted octanol–water partition coefficient (Wildman–Crippen LogP) is 3.21. The van der Waals surface area contributed by atoms with Gasteiger partial charge in [0.05, 0.1) is 24.2 Å². The van der Waals surface area contributed by atoms with Crippen LogP contribution < -0.4 is 5.73 Å². The highest BCUT2D eigenvalue weighted by Gasteiger charge is 2.22. The summed E-state index contributed by atoms with van der Waals surface area (Å²) in [6, 6.07) is 13.7. The number of ether oxygens (including phenoxy) is 1. The largest absolute Gasteiger partial charge is 0.504 e. The van der Waals surface area contributed by atoms with E-state index in [2.05, 4.69) is 15.1 Å². The summed E-state index contributed by atoms with van der Waals surface area (Å²) in [5.41, 5.74) is 11.5. The topological polar surface area (TPSA) is 102 Å². The molecule has 0 spiro atoms. The third-order valence-electron chi connectivity index (χ3n) is 4.77. The number of benzene rings is 2. The summed E-state index contributed by atoms with van der Waals surface area (Å²) in [7, 11) is 1.64. The van der Waals surface area contributed by atoms with E-state index in [0.29, 0.717) is 36.9 Å². The van der Waals surface area contributed by atoms with Gasteiger partial charge in [0.25, 0.3) is 0 Å². The van der Waals surface area contributed by atoms with Crippen LogP contribution in [0.15, 0.2) is 42.5 Å². The van der Waals surface area contributed by atoms with Crippen molar-refractivity contribution in [3.05, 3.63) is 53.6 Å². The average molecular weight is 377 g/mol. The Hall–Kier alpha value is -3.16. The smallest absolute Gasteiger partial charge is 0.173 e. The first-order chi connectivity index (χ1) is 13.6. The third-order valence-corrected chi connectivity index (χ3v) is 4.77. The van der Waals surface area contributed by atoms with E-state index >= 15 is 0 Å². The first kappa shape index (κ1) is 18.2. The molecule has 0 aliphatic carbocycles. The van der Waals surface area contributed by atoms with Gasteiger partial charge < -0.3 is 20.6 Å². The van der Waals surface area contributed by atoms with E-state index in [4.69, 9.17) is 10.5 Å². The summed E-state index contributed by atoms with van der Waals surface area (Å²) in [4.78, 5) is 7.94. The zero-order valence-corrected chi connectivity index (χ0v) is 15.9. The molecule has 0 aliphatic heterocycles. The van der Waals surface area contributed by atoms with Crippen molar-refractivity contribution in [1.29, 1.82) is 0 Å². The zero-order valence-electron chi connectivity index (χ0n) is 15.9. The molecule has 4 N–H and O–H groups in total. The lowest BCUT2D eigenvalue weighted by atomic mass is 10.1. The molecule has 7 nitrogen and oxygen atoms in total. The maximum absolute atomic E-state index is 11.0. The number of aromatic amines is 1. The van der Waals surface area contributed by atoms with Crippen LogP contribution >= 0.6 is 0 Å². The van der Waals surface area contributed by atoms with Crippen LogP contribution in [0.1, 0.15) is 11.1 Å². The second-order valence-corrected chi connectivity index (χ2v) is 6.77. The molecule has 0 saturated carbocycles. The van der Waals surface area contributed by atoms with Gasteiger partial charge in [0.2, 0.25) is 0 Å². The van der Waals surface area contributed by atoms with Gasteiger partial charge >= 0.3 is 0 Å². The van der Waals surface area contributed by atoms with Gasteiger partial charge in [-0.3, -0.25) is 4.68 Å². The van der Waals surface area contributed by atoms with Crippen LogP contribution in [0.4, 0.5) is 0 Å². The van der Waals surface area contributed by atoms with Crippen molar-refractivity contribution in [2.75, 3.05) is 13.7 Å². The Bertz CT molecular complexity index is 1110. The number of nitrogens with two attached hydrogens (primary N) is 1. The van der Waals surface area contributed by atoms with Gasteiger partial charge in [0.1, 0.15) is 11.4 Å². The van der Waals surface area contributed by atoms with Crippen molar-refractivity contribution in [2.45, 2.75) is 20.0 Å². The van der Waals surface area contributed by atoms with Crippen LogP contribution in [0.3, 0.4) is 0 Å². The molecule has 0 bridgehead atoms. The number of nitrogens with one attached hydrogen (secondary N) is 1. The number of nitrogens with zero attached hydrogens (tertiary/aromatic N) is 3. The molecule has 2 aromatic heterocycles. The summed E-state index contributed by atoms with van der Waals surface area (Å²) in [6.07, 6.45) is 0. The first-order valence-electron chi connectivity index (χ1n) is 9.15. The van der Waals surface area contributed by atoms with Gasteiger partial charge in [-0.15, -0.1) is 0 Å². The number of imidazole rings is 1. The molecule has 28 heavy (non-hydrogen) atoms. The molecule has 0 unspecified atom stereocenters. The molecular weight excluding hydrogens is 354 g/mol. The van der Waals surface area contributed by atoms with Crippen molar-refractivity contribution in [3.63, 3.8) is 0 Å². The molecule has 7 heteroatoms. The van der Waals surface area contributed by atoms with E-state index in [-0.39, 0.29) is 5.75 Å². The highest BCUT2D eigenvalue weighted by Crippen LogP contribution is 2.37. The maximum atomic E-state index is 11.0. The number of methoxy groups -OCH3 is 1. The normalized spacial score (nSPS) is 11.4. The predicted molar refractivity (Wildman–Crippen MR) is 109 cm³/mol. The Morgan fingerprint density at radius 3 is 2.68 bits per heavy atom. The highest BCUT2D eigenvalue weighted by atomic mass is 16.5. The third kappa shape index (κ3) is 3.26. The lowest BCUT2D eigenvalue weighted by Gasteiger charge is -2.04. The van der Waals surface area contributed by atoms with Gasteiger partial charge in [-0.2, -0.15) is 5.10 Å². The number of aromatic nitrogens is 4. The number of aromatic hydroxyl groups is 1. The molecule has 0 fully saturated rings. The second kappa shape index (κ2) is 7.46. The Labute approximate surface area is 162 Å². The second-order valence-electron chi connectivity index (χ2n) is 6.77. The van der Waals surface area contributed by atoms with Crippen molar-refractivity contribution >= 4 is 11.0 Å². The van der Waals surface area contributed by atoms with E-state index in [0.717, 1.165) is 27.7 Å². The van der Waals surface area contributed by atoms with Gasteiger partial charge in [0.15, 0.2) is 11.6 Å². The van der Waals surface area contributed by atoms with E-state index in [1.807, 2.05) is 49.4 Å². The number of aryl methyl sites for hydroxylation is 1. The Morgan fingerprint density at radius 1 is 1.18 bits per heavy atom. The molecule has 0 amide bonds. The fourth-order valence-electron chi connectivity index (χ4n) is 3.23. The van der Waals surface area contributed by atoms with E-state index in [1.165, 1.54) is 0 Å². The van der Waals surface area contributed by atoms with Crippen LogP contribution in [0.2, 0.25) is 0 Å². The minimum absolute atomic E-state index is 0.0954. The molecule has 144 valence electrons. The van der Waals surface area contributed by atoms with Crippen molar-refractivity contribution in [2.24, 2.45) is 5.73 Å². The molecular formula is C21H23N5O2. The van der Waals surface area contributed by atoms with Gasteiger partial charge in [0, 0.05) is 19.2 Å². The Balaban J connectivity index is 1.85. The lowest BCUT2D eigenvalue weighted by molar-refractivity contribution is 0.184. The fourth-order valence-corrected chi connectivity index (χ4v) is 3.23. The summed E-state index contributed by atoms with van der Waals surface area (Å²) in [5.74, 6) is 0.654. The fraction of sp³-hybridized carbons (Fsp3) is 0.238. The van der Waals surface area contributed by atoms with Crippen LogP contribution in [0.5, 0.6) is 5.75 Å². The first-order valence-corrected chi connectivity index (χ1v) is 9.15. The van der Waals surface area contributed by atoms with Crippen LogP contribution in [0, 0.1) is 6.92 Å². The number of hydrogen-bond donors (Lipinski definition) is 3. The number of hydrogen-bond acceptors (Lipinski definition) is 5. The number of fused-ring (bicyclic) bond motifs is 1. The summed E-state index contributed by atoms with van der Waals surface area (Å²) in [5, 5.41) is 15.6. The van der Waals surface area contributed by atoms with E-state index in [9.17, 15) is 5.11 Å². The summed E-state index contributed by atoms with van der Waals surface area (Å²) in [6.45, 7) is 3.45. The monoisotopic (exact) mass is 377 g/mol. The standard InChI is InChI=1S/C21H23N5O2/c1-13-3-6-15(7-4-13)18-20(27)19(26(25-18)9-10-28-2)21-23-16-8-5-14(12-22)11-17(16)24-21/h3-8,11,27H,9-10,12,22H2,1-2H3,(H,23,24). The van der Waals surface area contributed by atoms with Crippen LogP contribution in [0.25, 0.3) is 33.8 Å². The zero-order chi connectivity index (χ0) is 19.7. The van der Waals surface area contributed by atoms with Crippen molar-refractivity contribution < 1.29 is 9.84 Å². The van der Waals surface area contributed by atoms with Crippen molar-refractivity contribution in [1.82, 2.24) is 19.7 Å². The van der Waals surface area contributed by atoms with Crippen LogP contribution in [-0.4, -0.2) is 38.6 Å². The van der Waals surface area contributed by atoms with Gasteiger partial charge in [-0.05, 0) is 24.6 Å². The maximum Gasteiger partial charge on any atom is 0.173 e. The Kier molecular flexibility index (Phi) is 4.85. The molecule has 0 saturated heterocycles. The number of rotatable bonds is 6. The molecule has 0 aliphatic rings. The molecule has 2 aromatic carbocycles. The molecule has 4 aromatic rings. The van der Waals surface area contributed by atoms with E-state index in [1.54, 1.807) is 11.8 Å². The van der Waals surface area contributed by atoms with E-state index < -0.39 is 0 Å². The van der Waals surface area contributed by atoms with Crippen LogP contribution in [-0.2, 0) is 17.8 Å². The minimum Gasteiger partial charge on any atom is -0.504 e. The lowest BCUT2D eigenvalue weighted by Crippen LogP contribution is -2.08. The molecule has 2 heterocycles. The molecule has 0 atom stereocenters. The summed E-state index contributed by atoms with van der Waals surface area (Å²) >= 11 is 0. The Morgan fingerprint density at radius 2 is 1.96 bits per heavy atom. The highest BCUT2D eigenvalue weighted by molar-refractivity contribution is 5.83. The van der Waals surface area contributed by atoms with Gasteiger partial charge in [-0.1, -0.05) is 35.9 Å². The summed E-state index contributed by atoms with van der Waals surface area (Å²) < 4.78 is 6.94. The molecule has 0 radical (unpaired) electrons. The SMILES string of the molecule is COCCn1nc(-c2ccc(C)cc2)c(O)c1-c1nc2ccc(CN)cc2[nH]1. The quantitative estimate of drug-likeness (QED) is 0.479. The number of H-pyrrole nitrogens is 1. The minimum atomic E-state index is 0.0954. The molecule has 4 rings (SSSR count). The average Bonchev–Trinajstić information content (AvgIpc) is 3.26. The van der Waals surface area contributed by atoms with Crippen molar-refractivity contribution in [3.8, 4) is 28.5 Å².